The Balaban J connectivity index is 2.32. The molecule has 3 nitrogen and oxygen atoms in total. The zero-order valence-corrected chi connectivity index (χ0v) is 13.0. The molecule has 2 N–H and O–H groups in total. The van der Waals surface area contributed by atoms with E-state index in [2.05, 4.69) is 22.9 Å². The second-order valence-corrected chi connectivity index (χ2v) is 6.48. The highest BCUT2D eigenvalue weighted by Gasteiger charge is 2.18. The summed E-state index contributed by atoms with van der Waals surface area (Å²) >= 11 is 4.90. The van der Waals surface area contributed by atoms with Crippen molar-refractivity contribution in [3.05, 3.63) is 45.1 Å². The molecular formula is C14H15BrN2OS. The van der Waals surface area contributed by atoms with Gasteiger partial charge in [-0.1, -0.05) is 13.0 Å². The highest BCUT2D eigenvalue weighted by molar-refractivity contribution is 9.11. The first kappa shape index (κ1) is 14.1. The fourth-order valence-corrected chi connectivity index (χ4v) is 2.97. The van der Waals surface area contributed by atoms with Gasteiger partial charge in [-0.3, -0.25) is 4.79 Å². The van der Waals surface area contributed by atoms with Crippen LogP contribution in [0.2, 0.25) is 0 Å². The van der Waals surface area contributed by atoms with Crippen LogP contribution in [0.4, 0.5) is 11.4 Å². The van der Waals surface area contributed by atoms with Gasteiger partial charge in [-0.05, 0) is 46.6 Å². The molecule has 2 aromatic rings. The van der Waals surface area contributed by atoms with E-state index < -0.39 is 0 Å². The molecule has 0 spiro atoms. The second kappa shape index (κ2) is 6.21. The van der Waals surface area contributed by atoms with Gasteiger partial charge in [0, 0.05) is 23.3 Å². The predicted octanol–water partition coefficient (Wildman–Crippen LogP) is 4.15. The van der Waals surface area contributed by atoms with Crippen molar-refractivity contribution in [1.82, 2.24) is 0 Å². The Bertz CT molecular complexity index is 582. The van der Waals surface area contributed by atoms with E-state index in [1.54, 1.807) is 4.90 Å². The molecule has 19 heavy (non-hydrogen) atoms. The Hall–Kier alpha value is -1.33. The molecule has 0 aliphatic rings. The van der Waals surface area contributed by atoms with Gasteiger partial charge in [0.1, 0.15) is 0 Å². The number of nitrogens with zero attached hydrogens (tertiary/aromatic N) is 1. The summed E-state index contributed by atoms with van der Waals surface area (Å²) in [6.07, 6.45) is 0.895. The number of hydrogen-bond donors (Lipinski definition) is 1. The molecule has 0 fully saturated rings. The van der Waals surface area contributed by atoms with Gasteiger partial charge >= 0.3 is 0 Å². The number of hydrogen-bond acceptors (Lipinski definition) is 3. The Morgan fingerprint density at radius 1 is 1.42 bits per heavy atom. The molecule has 5 heteroatoms. The van der Waals surface area contributed by atoms with E-state index in [-0.39, 0.29) is 5.91 Å². The summed E-state index contributed by atoms with van der Waals surface area (Å²) in [4.78, 5) is 14.3. The number of benzene rings is 1. The van der Waals surface area contributed by atoms with E-state index >= 15 is 0 Å². The lowest BCUT2D eigenvalue weighted by Gasteiger charge is -2.22. The van der Waals surface area contributed by atoms with E-state index in [0.717, 1.165) is 15.9 Å². The minimum absolute atomic E-state index is 0.00870. The third-order valence-corrected chi connectivity index (χ3v) is 4.19. The van der Waals surface area contributed by atoms with Crippen LogP contribution >= 0.6 is 27.3 Å². The van der Waals surface area contributed by atoms with Crippen molar-refractivity contribution in [2.75, 3.05) is 17.2 Å². The maximum atomic E-state index is 12.5. The van der Waals surface area contributed by atoms with Crippen molar-refractivity contribution >= 4 is 44.5 Å². The van der Waals surface area contributed by atoms with Crippen molar-refractivity contribution in [3.63, 3.8) is 0 Å². The molecule has 1 heterocycles. The van der Waals surface area contributed by atoms with Gasteiger partial charge in [0.25, 0.3) is 5.91 Å². The summed E-state index contributed by atoms with van der Waals surface area (Å²) in [7, 11) is 0. The van der Waals surface area contributed by atoms with Crippen molar-refractivity contribution in [3.8, 4) is 0 Å². The second-order valence-electron chi connectivity index (χ2n) is 4.19. The van der Waals surface area contributed by atoms with Gasteiger partial charge in [0.05, 0.1) is 9.35 Å². The molecule has 0 aliphatic heterocycles. The fraction of sp³-hybridized carbons (Fsp3) is 0.214. The maximum Gasteiger partial charge on any atom is 0.259 e. The third-order valence-electron chi connectivity index (χ3n) is 2.69. The van der Waals surface area contributed by atoms with Gasteiger partial charge in [0.15, 0.2) is 0 Å². The summed E-state index contributed by atoms with van der Waals surface area (Å²) in [6.45, 7) is 2.73. The Labute approximate surface area is 125 Å². The summed E-state index contributed by atoms with van der Waals surface area (Å²) in [5.74, 6) is 0.00870. The summed E-state index contributed by atoms with van der Waals surface area (Å²) in [5, 5.41) is 1.86. The van der Waals surface area contributed by atoms with Crippen molar-refractivity contribution < 1.29 is 4.79 Å². The van der Waals surface area contributed by atoms with E-state index in [4.69, 9.17) is 5.73 Å². The van der Waals surface area contributed by atoms with Crippen LogP contribution in [0.25, 0.3) is 0 Å². The molecule has 100 valence electrons. The molecule has 1 amide bonds. The number of nitrogen functional groups attached to an aromatic ring is 1. The molecule has 0 atom stereocenters. The SMILES string of the molecule is CCCN(C(=O)c1csc(Br)c1)c1cccc(N)c1. The number of rotatable bonds is 4. The molecule has 0 bridgehead atoms. The first-order valence-corrected chi connectivity index (χ1v) is 7.70. The van der Waals surface area contributed by atoms with Gasteiger partial charge in [-0.15, -0.1) is 11.3 Å². The average Bonchev–Trinajstić information content (AvgIpc) is 2.82. The van der Waals surface area contributed by atoms with Crippen LogP contribution in [0.15, 0.2) is 39.5 Å². The largest absolute Gasteiger partial charge is 0.399 e. The van der Waals surface area contributed by atoms with Crippen molar-refractivity contribution in [1.29, 1.82) is 0 Å². The van der Waals surface area contributed by atoms with Crippen molar-refractivity contribution in [2.45, 2.75) is 13.3 Å². The molecule has 1 aromatic carbocycles. The zero-order valence-electron chi connectivity index (χ0n) is 10.6. The number of amides is 1. The summed E-state index contributed by atoms with van der Waals surface area (Å²) in [6, 6.07) is 9.27. The van der Waals surface area contributed by atoms with E-state index in [1.165, 1.54) is 11.3 Å². The van der Waals surface area contributed by atoms with E-state index in [0.29, 0.717) is 17.8 Å². The lowest BCUT2D eigenvalue weighted by atomic mass is 10.2. The Morgan fingerprint density at radius 3 is 2.79 bits per heavy atom. The number of halogens is 1. The topological polar surface area (TPSA) is 46.3 Å². The molecular weight excluding hydrogens is 324 g/mol. The average molecular weight is 339 g/mol. The van der Waals surface area contributed by atoms with Crippen LogP contribution in [0.5, 0.6) is 0 Å². The first-order chi connectivity index (χ1) is 9.11. The van der Waals surface area contributed by atoms with Crippen LogP contribution in [0.1, 0.15) is 23.7 Å². The van der Waals surface area contributed by atoms with Gasteiger partial charge in [0.2, 0.25) is 0 Å². The fourth-order valence-electron chi connectivity index (χ4n) is 1.84. The maximum absolute atomic E-state index is 12.5. The molecule has 0 unspecified atom stereocenters. The third kappa shape index (κ3) is 3.36. The van der Waals surface area contributed by atoms with Gasteiger partial charge in [-0.25, -0.2) is 0 Å². The minimum atomic E-state index is 0.00870. The number of anilines is 2. The van der Waals surface area contributed by atoms with Crippen LogP contribution in [0, 0.1) is 0 Å². The van der Waals surface area contributed by atoms with Crippen LogP contribution < -0.4 is 10.6 Å². The summed E-state index contributed by atoms with van der Waals surface area (Å²) < 4.78 is 0.958. The molecule has 2 rings (SSSR count). The molecule has 0 saturated heterocycles. The van der Waals surface area contributed by atoms with E-state index in [1.807, 2.05) is 35.7 Å². The van der Waals surface area contributed by atoms with Gasteiger partial charge in [-0.2, -0.15) is 0 Å². The van der Waals surface area contributed by atoms with Crippen LogP contribution in [-0.2, 0) is 0 Å². The quantitative estimate of drug-likeness (QED) is 0.851. The predicted molar refractivity (Wildman–Crippen MR) is 84.8 cm³/mol. The van der Waals surface area contributed by atoms with Gasteiger partial charge < -0.3 is 10.6 Å². The van der Waals surface area contributed by atoms with Crippen molar-refractivity contribution in [2.24, 2.45) is 0 Å². The zero-order chi connectivity index (χ0) is 13.8. The number of carbonyl (C=O) groups is 1. The minimum Gasteiger partial charge on any atom is -0.399 e. The van der Waals surface area contributed by atoms with Crippen LogP contribution in [0.3, 0.4) is 0 Å². The molecule has 0 saturated carbocycles. The van der Waals surface area contributed by atoms with E-state index in [9.17, 15) is 4.79 Å². The Kier molecular flexibility index (Phi) is 4.61. The highest BCUT2D eigenvalue weighted by Crippen LogP contribution is 2.25. The normalized spacial score (nSPS) is 10.4. The molecule has 1 aromatic heterocycles. The number of thiophene rings is 1. The first-order valence-electron chi connectivity index (χ1n) is 6.03. The van der Waals surface area contributed by atoms with Crippen LogP contribution in [-0.4, -0.2) is 12.5 Å². The lowest BCUT2D eigenvalue weighted by Crippen LogP contribution is -2.31. The lowest BCUT2D eigenvalue weighted by molar-refractivity contribution is 0.0987. The Morgan fingerprint density at radius 2 is 2.21 bits per heavy atom. The standard InChI is InChI=1S/C14H15BrN2OS/c1-2-6-17(12-5-3-4-11(16)8-12)14(18)10-7-13(15)19-9-10/h3-5,7-9H,2,6,16H2,1H3. The molecule has 0 aliphatic carbocycles. The highest BCUT2D eigenvalue weighted by atomic mass is 79.9. The molecule has 0 radical (unpaired) electrons. The number of carbonyl (C=O) groups excluding carboxylic acids is 1. The number of nitrogens with two attached hydrogens (primary N) is 1. The monoisotopic (exact) mass is 338 g/mol. The smallest absolute Gasteiger partial charge is 0.259 e. The summed E-state index contributed by atoms with van der Waals surface area (Å²) in [5.41, 5.74) is 8.00.